The molecule has 0 fully saturated rings. The lowest BCUT2D eigenvalue weighted by molar-refractivity contribution is 0.0997. The molecule has 11 heavy (non-hydrogen) atoms. The Morgan fingerprint density at radius 3 is 2.64 bits per heavy atom. The van der Waals surface area contributed by atoms with Crippen LogP contribution in [0.1, 0.15) is 10.4 Å². The molecule has 1 amide bonds. The SMILES string of the molecule is NC(=O)c1cccc(I)c1O. The molecule has 0 saturated heterocycles. The molecule has 0 aromatic heterocycles. The minimum atomic E-state index is -0.610. The van der Waals surface area contributed by atoms with Gasteiger partial charge in [0.2, 0.25) is 0 Å². The molecule has 58 valence electrons. The van der Waals surface area contributed by atoms with Crippen LogP contribution >= 0.6 is 22.6 Å². The normalized spacial score (nSPS) is 9.55. The van der Waals surface area contributed by atoms with E-state index in [4.69, 9.17) is 5.73 Å². The third kappa shape index (κ3) is 1.62. The summed E-state index contributed by atoms with van der Waals surface area (Å²) in [5.41, 5.74) is 5.14. The Morgan fingerprint density at radius 1 is 1.55 bits per heavy atom. The monoisotopic (exact) mass is 263 g/mol. The van der Waals surface area contributed by atoms with Gasteiger partial charge in [-0.05, 0) is 34.7 Å². The number of halogens is 1. The maximum Gasteiger partial charge on any atom is 0.252 e. The summed E-state index contributed by atoms with van der Waals surface area (Å²) in [4.78, 5) is 10.6. The molecule has 0 bridgehead atoms. The highest BCUT2D eigenvalue weighted by Crippen LogP contribution is 2.22. The van der Waals surface area contributed by atoms with Gasteiger partial charge in [-0.25, -0.2) is 0 Å². The van der Waals surface area contributed by atoms with Gasteiger partial charge in [0.15, 0.2) is 0 Å². The summed E-state index contributed by atoms with van der Waals surface area (Å²) in [6, 6.07) is 4.85. The van der Waals surface area contributed by atoms with Crippen LogP contribution in [0.2, 0.25) is 0 Å². The van der Waals surface area contributed by atoms with Crippen molar-refractivity contribution < 1.29 is 9.90 Å². The summed E-state index contributed by atoms with van der Waals surface area (Å²) in [7, 11) is 0. The molecule has 0 aliphatic carbocycles. The number of amides is 1. The van der Waals surface area contributed by atoms with Gasteiger partial charge in [-0.15, -0.1) is 0 Å². The van der Waals surface area contributed by atoms with E-state index in [1.807, 2.05) is 22.6 Å². The predicted molar refractivity (Wildman–Crippen MR) is 49.3 cm³/mol. The number of rotatable bonds is 1. The first-order chi connectivity index (χ1) is 5.13. The summed E-state index contributed by atoms with van der Waals surface area (Å²) in [6.45, 7) is 0. The standard InChI is InChI=1S/C7H6INO2/c8-5-3-1-2-4(6(5)10)7(9)11/h1-3,10H,(H2,9,11). The second kappa shape index (κ2) is 3.08. The van der Waals surface area contributed by atoms with Crippen molar-refractivity contribution in [1.82, 2.24) is 0 Å². The zero-order valence-electron chi connectivity index (χ0n) is 5.54. The van der Waals surface area contributed by atoms with E-state index in [0.29, 0.717) is 3.57 Å². The van der Waals surface area contributed by atoms with Gasteiger partial charge in [-0.2, -0.15) is 0 Å². The van der Waals surface area contributed by atoms with Crippen molar-refractivity contribution >= 4 is 28.5 Å². The van der Waals surface area contributed by atoms with Gasteiger partial charge in [0.25, 0.3) is 5.91 Å². The molecule has 0 radical (unpaired) electrons. The highest BCUT2D eigenvalue weighted by molar-refractivity contribution is 14.1. The van der Waals surface area contributed by atoms with Gasteiger partial charge in [0.05, 0.1) is 9.13 Å². The van der Waals surface area contributed by atoms with Gasteiger partial charge < -0.3 is 10.8 Å². The smallest absolute Gasteiger partial charge is 0.252 e. The summed E-state index contributed by atoms with van der Waals surface area (Å²) in [5.74, 6) is -0.651. The second-order valence-corrected chi connectivity index (χ2v) is 3.16. The van der Waals surface area contributed by atoms with Crippen molar-refractivity contribution in [3.63, 3.8) is 0 Å². The maximum atomic E-state index is 10.6. The topological polar surface area (TPSA) is 63.3 Å². The van der Waals surface area contributed by atoms with Crippen LogP contribution in [0.15, 0.2) is 18.2 Å². The van der Waals surface area contributed by atoms with Crippen LogP contribution in [0.25, 0.3) is 0 Å². The van der Waals surface area contributed by atoms with Gasteiger partial charge in [0, 0.05) is 0 Å². The van der Waals surface area contributed by atoms with Crippen molar-refractivity contribution in [2.45, 2.75) is 0 Å². The van der Waals surface area contributed by atoms with Crippen LogP contribution in [0.5, 0.6) is 5.75 Å². The van der Waals surface area contributed by atoms with Gasteiger partial charge >= 0.3 is 0 Å². The summed E-state index contributed by atoms with van der Waals surface area (Å²) in [6.07, 6.45) is 0. The van der Waals surface area contributed by atoms with Crippen LogP contribution in [0.4, 0.5) is 0 Å². The number of nitrogens with two attached hydrogens (primary N) is 1. The van der Waals surface area contributed by atoms with E-state index in [-0.39, 0.29) is 11.3 Å². The number of hydrogen-bond donors (Lipinski definition) is 2. The van der Waals surface area contributed by atoms with Crippen LogP contribution in [-0.2, 0) is 0 Å². The predicted octanol–water partition coefficient (Wildman–Crippen LogP) is 1.10. The molecule has 1 rings (SSSR count). The molecule has 3 nitrogen and oxygen atoms in total. The van der Waals surface area contributed by atoms with E-state index in [9.17, 15) is 9.90 Å². The Morgan fingerprint density at radius 2 is 2.18 bits per heavy atom. The fourth-order valence-electron chi connectivity index (χ4n) is 0.714. The molecule has 0 heterocycles. The summed E-state index contributed by atoms with van der Waals surface area (Å²) >= 11 is 1.93. The minimum Gasteiger partial charge on any atom is -0.506 e. The number of aromatic hydroxyl groups is 1. The number of phenols is 1. The number of hydrogen-bond acceptors (Lipinski definition) is 2. The second-order valence-electron chi connectivity index (χ2n) is 2.00. The Balaban J connectivity index is 3.27. The summed E-state index contributed by atoms with van der Waals surface area (Å²) in [5, 5.41) is 9.26. The molecule has 0 aliphatic rings. The Labute approximate surface area is 77.4 Å². The quantitative estimate of drug-likeness (QED) is 0.745. The lowest BCUT2D eigenvalue weighted by Crippen LogP contribution is -2.11. The maximum absolute atomic E-state index is 10.6. The lowest BCUT2D eigenvalue weighted by atomic mass is 10.2. The molecule has 1 aromatic rings. The van der Waals surface area contributed by atoms with E-state index in [1.165, 1.54) is 6.07 Å². The van der Waals surface area contributed by atoms with E-state index in [2.05, 4.69) is 0 Å². The van der Waals surface area contributed by atoms with Crippen molar-refractivity contribution in [2.24, 2.45) is 5.73 Å². The number of para-hydroxylation sites is 1. The van der Waals surface area contributed by atoms with E-state index >= 15 is 0 Å². The number of primary amides is 1. The molecule has 3 N–H and O–H groups in total. The van der Waals surface area contributed by atoms with Gasteiger partial charge in [-0.3, -0.25) is 4.79 Å². The van der Waals surface area contributed by atoms with Crippen molar-refractivity contribution in [1.29, 1.82) is 0 Å². The molecule has 4 heteroatoms. The summed E-state index contributed by atoms with van der Waals surface area (Å²) < 4.78 is 0.624. The molecular weight excluding hydrogens is 257 g/mol. The largest absolute Gasteiger partial charge is 0.506 e. The lowest BCUT2D eigenvalue weighted by Gasteiger charge is -2.00. The molecule has 0 aliphatic heterocycles. The molecule has 0 unspecified atom stereocenters. The molecule has 1 aromatic carbocycles. The average molecular weight is 263 g/mol. The van der Waals surface area contributed by atoms with Crippen molar-refractivity contribution in [2.75, 3.05) is 0 Å². The van der Waals surface area contributed by atoms with Gasteiger partial charge in [-0.1, -0.05) is 6.07 Å². The Kier molecular flexibility index (Phi) is 2.33. The number of carbonyl (C=O) groups is 1. The highest BCUT2D eigenvalue weighted by Gasteiger charge is 2.08. The number of carbonyl (C=O) groups excluding carboxylic acids is 1. The van der Waals surface area contributed by atoms with Gasteiger partial charge in [0.1, 0.15) is 5.75 Å². The molecule has 0 atom stereocenters. The van der Waals surface area contributed by atoms with E-state index in [0.717, 1.165) is 0 Å². The fourth-order valence-corrected chi connectivity index (χ4v) is 1.21. The molecular formula is C7H6INO2. The minimum absolute atomic E-state index is 0.0411. The first-order valence-electron chi connectivity index (χ1n) is 2.90. The third-order valence-electron chi connectivity index (χ3n) is 1.25. The zero-order valence-corrected chi connectivity index (χ0v) is 7.70. The fraction of sp³-hybridized carbons (Fsp3) is 0. The Hall–Kier alpha value is -0.780. The highest BCUT2D eigenvalue weighted by atomic mass is 127. The molecule has 0 spiro atoms. The van der Waals surface area contributed by atoms with E-state index < -0.39 is 5.91 Å². The Bertz CT molecular complexity index is 298. The van der Waals surface area contributed by atoms with Crippen LogP contribution < -0.4 is 5.73 Å². The first-order valence-corrected chi connectivity index (χ1v) is 3.98. The van der Waals surface area contributed by atoms with Crippen LogP contribution in [0, 0.1) is 3.57 Å². The number of benzene rings is 1. The first kappa shape index (κ1) is 8.32. The van der Waals surface area contributed by atoms with Crippen molar-refractivity contribution in [3.8, 4) is 5.75 Å². The average Bonchev–Trinajstić information content (AvgIpc) is 1.94. The van der Waals surface area contributed by atoms with Crippen molar-refractivity contribution in [3.05, 3.63) is 27.3 Å². The van der Waals surface area contributed by atoms with Crippen LogP contribution in [-0.4, -0.2) is 11.0 Å². The van der Waals surface area contributed by atoms with Crippen LogP contribution in [0.3, 0.4) is 0 Å². The zero-order chi connectivity index (χ0) is 8.43. The molecule has 0 saturated carbocycles. The third-order valence-corrected chi connectivity index (χ3v) is 2.12. The van der Waals surface area contributed by atoms with E-state index in [1.54, 1.807) is 12.1 Å².